The Kier molecular flexibility index (Phi) is 2.98. The average molecular weight is 154 g/mol. The summed E-state index contributed by atoms with van der Waals surface area (Å²) in [6.07, 6.45) is 4.40. The second-order valence-corrected chi connectivity index (χ2v) is 4.80. The molecule has 1 rings (SSSR count). The molecule has 0 heteroatoms. The summed E-state index contributed by atoms with van der Waals surface area (Å²) in [4.78, 5) is 0. The standard InChI is InChI=1S/C11H22/c1-8(2)11-7-9(3)5-6-10(11)4/h8-11H,5-7H2,1-4H3/t9?,10-,11+/m0/s1. The van der Waals surface area contributed by atoms with Crippen LogP contribution in [0.15, 0.2) is 0 Å². The number of hydrogen-bond acceptors (Lipinski definition) is 0. The predicted molar refractivity (Wildman–Crippen MR) is 50.5 cm³/mol. The average Bonchev–Trinajstić information content (AvgIpc) is 1.94. The summed E-state index contributed by atoms with van der Waals surface area (Å²) in [5, 5.41) is 0. The van der Waals surface area contributed by atoms with Gasteiger partial charge in [-0.1, -0.05) is 40.5 Å². The maximum absolute atomic E-state index is 2.43. The fraction of sp³-hybridized carbons (Fsp3) is 1.00. The van der Waals surface area contributed by atoms with Gasteiger partial charge in [-0.3, -0.25) is 0 Å². The molecule has 66 valence electrons. The van der Waals surface area contributed by atoms with E-state index < -0.39 is 0 Å². The van der Waals surface area contributed by atoms with Crippen molar-refractivity contribution in [3.63, 3.8) is 0 Å². The topological polar surface area (TPSA) is 0 Å². The number of hydrogen-bond donors (Lipinski definition) is 0. The molecule has 1 aliphatic carbocycles. The minimum absolute atomic E-state index is 0.896. The fourth-order valence-corrected chi connectivity index (χ4v) is 2.51. The molecular formula is C11H22. The zero-order valence-electron chi connectivity index (χ0n) is 8.43. The highest BCUT2D eigenvalue weighted by Gasteiger charge is 2.27. The molecule has 0 nitrogen and oxygen atoms in total. The molecule has 0 aliphatic heterocycles. The van der Waals surface area contributed by atoms with E-state index in [1.807, 2.05) is 0 Å². The molecule has 0 radical (unpaired) electrons. The molecule has 11 heavy (non-hydrogen) atoms. The Morgan fingerprint density at radius 1 is 1.09 bits per heavy atom. The van der Waals surface area contributed by atoms with Gasteiger partial charge < -0.3 is 0 Å². The first-order valence-electron chi connectivity index (χ1n) is 5.11. The summed E-state index contributed by atoms with van der Waals surface area (Å²) in [6, 6.07) is 0. The van der Waals surface area contributed by atoms with E-state index in [9.17, 15) is 0 Å². The smallest absolute Gasteiger partial charge is 0.0363 e. The molecule has 1 unspecified atom stereocenters. The molecule has 0 heterocycles. The Hall–Kier alpha value is 0. The Morgan fingerprint density at radius 2 is 1.73 bits per heavy atom. The van der Waals surface area contributed by atoms with Crippen LogP contribution in [0.3, 0.4) is 0 Å². The van der Waals surface area contributed by atoms with Gasteiger partial charge in [0.1, 0.15) is 0 Å². The lowest BCUT2D eigenvalue weighted by Gasteiger charge is -2.35. The third kappa shape index (κ3) is 2.21. The molecule has 0 aromatic rings. The Bertz CT molecular complexity index is 115. The maximum Gasteiger partial charge on any atom is -0.0363 e. The van der Waals surface area contributed by atoms with Crippen LogP contribution in [0.25, 0.3) is 0 Å². The lowest BCUT2D eigenvalue weighted by Crippen LogP contribution is -2.25. The van der Waals surface area contributed by atoms with Crippen molar-refractivity contribution in [2.45, 2.75) is 47.0 Å². The third-order valence-corrected chi connectivity index (χ3v) is 3.38. The molecule has 3 atom stereocenters. The van der Waals surface area contributed by atoms with Crippen LogP contribution in [0.4, 0.5) is 0 Å². The maximum atomic E-state index is 2.43. The van der Waals surface area contributed by atoms with Crippen LogP contribution < -0.4 is 0 Å². The summed E-state index contributed by atoms with van der Waals surface area (Å²) < 4.78 is 0. The molecule has 0 aromatic carbocycles. The van der Waals surface area contributed by atoms with Crippen LogP contribution in [0, 0.1) is 23.7 Å². The van der Waals surface area contributed by atoms with Crippen molar-refractivity contribution in [1.82, 2.24) is 0 Å². The molecule has 1 fully saturated rings. The Labute approximate surface area is 71.4 Å². The molecule has 0 saturated heterocycles. The van der Waals surface area contributed by atoms with Crippen LogP contribution in [0.2, 0.25) is 0 Å². The summed E-state index contributed by atoms with van der Waals surface area (Å²) in [5.41, 5.74) is 0. The van der Waals surface area contributed by atoms with Gasteiger partial charge in [-0.25, -0.2) is 0 Å². The van der Waals surface area contributed by atoms with Gasteiger partial charge in [-0.15, -0.1) is 0 Å². The van der Waals surface area contributed by atoms with E-state index >= 15 is 0 Å². The van der Waals surface area contributed by atoms with Gasteiger partial charge in [0.15, 0.2) is 0 Å². The van der Waals surface area contributed by atoms with Gasteiger partial charge in [0.25, 0.3) is 0 Å². The highest BCUT2D eigenvalue weighted by Crippen LogP contribution is 2.37. The zero-order chi connectivity index (χ0) is 8.43. The van der Waals surface area contributed by atoms with Crippen molar-refractivity contribution in [2.75, 3.05) is 0 Å². The van der Waals surface area contributed by atoms with E-state index in [-0.39, 0.29) is 0 Å². The van der Waals surface area contributed by atoms with Crippen molar-refractivity contribution in [2.24, 2.45) is 23.7 Å². The molecule has 0 bridgehead atoms. The van der Waals surface area contributed by atoms with Gasteiger partial charge in [-0.05, 0) is 30.1 Å². The number of rotatable bonds is 1. The summed E-state index contributed by atoms with van der Waals surface area (Å²) >= 11 is 0. The van der Waals surface area contributed by atoms with Crippen LogP contribution in [-0.2, 0) is 0 Å². The van der Waals surface area contributed by atoms with Gasteiger partial charge in [-0.2, -0.15) is 0 Å². The van der Waals surface area contributed by atoms with Crippen LogP contribution in [-0.4, -0.2) is 0 Å². The highest BCUT2D eigenvalue weighted by molar-refractivity contribution is 4.77. The first-order chi connectivity index (χ1) is 5.11. The fourth-order valence-electron chi connectivity index (χ4n) is 2.51. The van der Waals surface area contributed by atoms with Gasteiger partial charge in [0.05, 0.1) is 0 Å². The lowest BCUT2D eigenvalue weighted by atomic mass is 9.71. The van der Waals surface area contributed by atoms with Crippen molar-refractivity contribution in [3.05, 3.63) is 0 Å². The molecule has 0 N–H and O–H groups in total. The monoisotopic (exact) mass is 154 g/mol. The summed E-state index contributed by atoms with van der Waals surface area (Å²) in [6.45, 7) is 9.58. The van der Waals surface area contributed by atoms with E-state index in [0.717, 1.165) is 23.7 Å². The first kappa shape index (κ1) is 9.09. The lowest BCUT2D eigenvalue weighted by molar-refractivity contribution is 0.155. The van der Waals surface area contributed by atoms with Gasteiger partial charge in [0.2, 0.25) is 0 Å². The molecule has 1 aliphatic rings. The zero-order valence-corrected chi connectivity index (χ0v) is 8.43. The van der Waals surface area contributed by atoms with Gasteiger partial charge >= 0.3 is 0 Å². The Balaban J connectivity index is 2.47. The van der Waals surface area contributed by atoms with Crippen LogP contribution in [0.5, 0.6) is 0 Å². The molecule has 1 saturated carbocycles. The van der Waals surface area contributed by atoms with Crippen LogP contribution >= 0.6 is 0 Å². The van der Waals surface area contributed by atoms with E-state index in [0.29, 0.717) is 0 Å². The first-order valence-corrected chi connectivity index (χ1v) is 5.11. The second kappa shape index (κ2) is 3.60. The van der Waals surface area contributed by atoms with Crippen molar-refractivity contribution < 1.29 is 0 Å². The highest BCUT2D eigenvalue weighted by atomic mass is 14.3. The molecule has 0 amide bonds. The summed E-state index contributed by atoms with van der Waals surface area (Å²) in [7, 11) is 0. The van der Waals surface area contributed by atoms with Crippen LogP contribution in [0.1, 0.15) is 47.0 Å². The predicted octanol–water partition coefficient (Wildman–Crippen LogP) is 3.71. The minimum Gasteiger partial charge on any atom is -0.0625 e. The van der Waals surface area contributed by atoms with E-state index in [1.54, 1.807) is 0 Å². The minimum atomic E-state index is 0.896. The molecule has 0 spiro atoms. The molecular weight excluding hydrogens is 132 g/mol. The van der Waals surface area contributed by atoms with Gasteiger partial charge in [0, 0.05) is 0 Å². The normalized spacial score (nSPS) is 39.5. The Morgan fingerprint density at radius 3 is 2.18 bits per heavy atom. The largest absolute Gasteiger partial charge is 0.0625 e. The summed E-state index contributed by atoms with van der Waals surface area (Å²) in [5.74, 6) is 3.86. The SMILES string of the molecule is CC1CC[C@H](C)[C@@H](C(C)C)C1. The van der Waals surface area contributed by atoms with E-state index in [4.69, 9.17) is 0 Å². The van der Waals surface area contributed by atoms with Crippen molar-refractivity contribution in [3.8, 4) is 0 Å². The van der Waals surface area contributed by atoms with E-state index in [1.165, 1.54) is 19.3 Å². The van der Waals surface area contributed by atoms with Crippen molar-refractivity contribution in [1.29, 1.82) is 0 Å². The van der Waals surface area contributed by atoms with E-state index in [2.05, 4.69) is 27.7 Å². The van der Waals surface area contributed by atoms with Crippen molar-refractivity contribution >= 4 is 0 Å². The quantitative estimate of drug-likeness (QED) is 0.540. The molecule has 0 aromatic heterocycles. The second-order valence-electron chi connectivity index (χ2n) is 4.80. The third-order valence-electron chi connectivity index (χ3n) is 3.38.